The molecule has 0 saturated heterocycles. The zero-order valence-corrected chi connectivity index (χ0v) is 12.5. The van der Waals surface area contributed by atoms with Crippen LogP contribution in [-0.2, 0) is 4.79 Å². The standard InChI is InChI=1S/C11H19N3O2S2/c1-4-7(2)5-8(3)12-10-13-14-11(18-10)17-6-9(15)16/h7-8H,4-6H2,1-3H3,(H,12,13)(H,15,16). The number of carboxylic acid groups (broad SMARTS) is 1. The summed E-state index contributed by atoms with van der Waals surface area (Å²) in [6.45, 7) is 6.53. The molecular weight excluding hydrogens is 270 g/mol. The third-order valence-corrected chi connectivity index (χ3v) is 4.52. The van der Waals surface area contributed by atoms with Crippen molar-refractivity contribution in [2.45, 2.75) is 44.0 Å². The Hall–Kier alpha value is -0.820. The SMILES string of the molecule is CCC(C)CC(C)Nc1nnc(SCC(=O)O)s1. The van der Waals surface area contributed by atoms with Gasteiger partial charge in [-0.05, 0) is 19.3 Å². The zero-order chi connectivity index (χ0) is 13.5. The first kappa shape index (κ1) is 15.2. The van der Waals surface area contributed by atoms with Crippen LogP contribution in [0.3, 0.4) is 0 Å². The topological polar surface area (TPSA) is 75.1 Å². The lowest BCUT2D eigenvalue weighted by Gasteiger charge is -2.16. The molecule has 0 amide bonds. The summed E-state index contributed by atoms with van der Waals surface area (Å²) in [5.74, 6) is -0.132. The van der Waals surface area contributed by atoms with Gasteiger partial charge in [0, 0.05) is 6.04 Å². The second-order valence-electron chi connectivity index (χ2n) is 4.35. The van der Waals surface area contributed by atoms with Crippen molar-refractivity contribution in [3.05, 3.63) is 0 Å². The van der Waals surface area contributed by atoms with Crippen LogP contribution in [0.25, 0.3) is 0 Å². The molecule has 0 aromatic carbocycles. The molecule has 0 spiro atoms. The molecule has 7 heteroatoms. The summed E-state index contributed by atoms with van der Waals surface area (Å²) in [5, 5.41) is 20.6. The molecule has 18 heavy (non-hydrogen) atoms. The highest BCUT2D eigenvalue weighted by Crippen LogP contribution is 2.26. The van der Waals surface area contributed by atoms with Crippen molar-refractivity contribution < 1.29 is 9.90 Å². The minimum Gasteiger partial charge on any atom is -0.481 e. The summed E-state index contributed by atoms with van der Waals surface area (Å²) in [6, 6.07) is 0.352. The summed E-state index contributed by atoms with van der Waals surface area (Å²) < 4.78 is 0.690. The number of anilines is 1. The maximum Gasteiger partial charge on any atom is 0.313 e. The van der Waals surface area contributed by atoms with E-state index in [0.717, 1.165) is 11.6 Å². The summed E-state index contributed by atoms with van der Waals surface area (Å²) in [7, 11) is 0. The lowest BCUT2D eigenvalue weighted by molar-refractivity contribution is -0.133. The van der Waals surface area contributed by atoms with E-state index in [2.05, 4.69) is 36.3 Å². The average Bonchev–Trinajstić information content (AvgIpc) is 2.73. The van der Waals surface area contributed by atoms with Gasteiger partial charge in [0.05, 0.1) is 5.75 Å². The second kappa shape index (κ2) is 7.58. The highest BCUT2D eigenvalue weighted by molar-refractivity contribution is 8.01. The quantitative estimate of drug-likeness (QED) is 0.717. The number of rotatable bonds is 8. The number of hydrogen-bond acceptors (Lipinski definition) is 6. The van der Waals surface area contributed by atoms with Crippen molar-refractivity contribution in [1.82, 2.24) is 10.2 Å². The molecule has 1 aromatic rings. The molecule has 0 aliphatic carbocycles. The number of nitrogens with zero attached hydrogens (tertiary/aromatic N) is 2. The molecule has 0 fully saturated rings. The van der Waals surface area contributed by atoms with E-state index in [1.165, 1.54) is 29.5 Å². The molecule has 0 bridgehead atoms. The Morgan fingerprint density at radius 3 is 2.83 bits per heavy atom. The Morgan fingerprint density at radius 1 is 1.50 bits per heavy atom. The monoisotopic (exact) mass is 289 g/mol. The third kappa shape index (κ3) is 5.68. The van der Waals surface area contributed by atoms with Gasteiger partial charge in [-0.3, -0.25) is 4.79 Å². The van der Waals surface area contributed by atoms with Crippen molar-refractivity contribution in [1.29, 1.82) is 0 Å². The maximum absolute atomic E-state index is 10.4. The van der Waals surface area contributed by atoms with Crippen molar-refractivity contribution in [2.24, 2.45) is 5.92 Å². The molecule has 0 saturated carbocycles. The molecule has 1 rings (SSSR count). The normalized spacial score (nSPS) is 14.2. The number of carboxylic acids is 1. The van der Waals surface area contributed by atoms with Gasteiger partial charge in [0.15, 0.2) is 4.34 Å². The third-order valence-electron chi connectivity index (χ3n) is 2.55. The molecular formula is C11H19N3O2S2. The van der Waals surface area contributed by atoms with Gasteiger partial charge in [-0.25, -0.2) is 0 Å². The molecule has 2 N–H and O–H groups in total. The van der Waals surface area contributed by atoms with Crippen molar-refractivity contribution in [3.8, 4) is 0 Å². The van der Waals surface area contributed by atoms with Crippen LogP contribution in [0.2, 0.25) is 0 Å². The molecule has 2 unspecified atom stereocenters. The van der Waals surface area contributed by atoms with Crippen molar-refractivity contribution in [2.75, 3.05) is 11.1 Å². The number of carbonyl (C=O) groups is 1. The summed E-state index contributed by atoms with van der Waals surface area (Å²) in [6.07, 6.45) is 2.26. The largest absolute Gasteiger partial charge is 0.481 e. The van der Waals surface area contributed by atoms with E-state index in [4.69, 9.17) is 5.11 Å². The van der Waals surface area contributed by atoms with Crippen LogP contribution in [0.4, 0.5) is 5.13 Å². The van der Waals surface area contributed by atoms with Crippen LogP contribution >= 0.6 is 23.1 Å². The molecule has 0 aliphatic heterocycles. The minimum absolute atomic E-state index is 0.0249. The Bertz CT molecular complexity index is 384. The number of aromatic nitrogens is 2. The predicted octanol–water partition coefficient (Wildman–Crippen LogP) is 2.95. The van der Waals surface area contributed by atoms with E-state index < -0.39 is 5.97 Å². The highest BCUT2D eigenvalue weighted by atomic mass is 32.2. The molecule has 0 aliphatic rings. The summed E-state index contributed by atoms with van der Waals surface area (Å²) in [5.41, 5.74) is 0. The van der Waals surface area contributed by atoms with Crippen LogP contribution in [0.5, 0.6) is 0 Å². The zero-order valence-electron chi connectivity index (χ0n) is 10.8. The van der Waals surface area contributed by atoms with Crippen molar-refractivity contribution in [3.63, 3.8) is 0 Å². The average molecular weight is 289 g/mol. The number of nitrogens with one attached hydrogen (secondary N) is 1. The fourth-order valence-corrected chi connectivity index (χ4v) is 3.07. The van der Waals surface area contributed by atoms with Gasteiger partial charge in [0.25, 0.3) is 0 Å². The molecule has 1 heterocycles. The second-order valence-corrected chi connectivity index (χ2v) is 6.55. The lowest BCUT2D eigenvalue weighted by atomic mass is 10.0. The summed E-state index contributed by atoms with van der Waals surface area (Å²) in [4.78, 5) is 10.4. The Balaban J connectivity index is 2.40. The highest BCUT2D eigenvalue weighted by Gasteiger charge is 2.11. The van der Waals surface area contributed by atoms with E-state index in [1.807, 2.05) is 0 Å². The maximum atomic E-state index is 10.4. The van der Waals surface area contributed by atoms with E-state index >= 15 is 0 Å². The van der Waals surface area contributed by atoms with Gasteiger partial charge < -0.3 is 10.4 Å². The fraction of sp³-hybridized carbons (Fsp3) is 0.727. The van der Waals surface area contributed by atoms with Gasteiger partial charge >= 0.3 is 5.97 Å². The molecule has 5 nitrogen and oxygen atoms in total. The first-order valence-corrected chi connectivity index (χ1v) is 7.76. The van der Waals surface area contributed by atoms with E-state index in [9.17, 15) is 4.79 Å². The van der Waals surface area contributed by atoms with E-state index in [0.29, 0.717) is 16.3 Å². The molecule has 0 radical (unpaired) electrons. The van der Waals surface area contributed by atoms with Gasteiger partial charge in [0.1, 0.15) is 0 Å². The van der Waals surface area contributed by atoms with E-state index in [-0.39, 0.29) is 5.75 Å². The lowest BCUT2D eigenvalue weighted by Crippen LogP contribution is -2.18. The van der Waals surface area contributed by atoms with Gasteiger partial charge in [-0.15, -0.1) is 10.2 Å². The number of thioether (sulfide) groups is 1. The van der Waals surface area contributed by atoms with Crippen LogP contribution in [0.1, 0.15) is 33.6 Å². The Labute approximate surface area is 115 Å². The minimum atomic E-state index is -0.838. The smallest absolute Gasteiger partial charge is 0.313 e. The Morgan fingerprint density at radius 2 is 2.22 bits per heavy atom. The van der Waals surface area contributed by atoms with Crippen LogP contribution in [-0.4, -0.2) is 33.1 Å². The Kier molecular flexibility index (Phi) is 6.42. The fourth-order valence-electron chi connectivity index (χ4n) is 1.49. The molecule has 102 valence electrons. The van der Waals surface area contributed by atoms with Gasteiger partial charge in [0.2, 0.25) is 5.13 Å². The first-order valence-electron chi connectivity index (χ1n) is 5.95. The summed E-state index contributed by atoms with van der Waals surface area (Å²) >= 11 is 2.60. The first-order chi connectivity index (χ1) is 8.51. The number of hydrogen-bond donors (Lipinski definition) is 2. The van der Waals surface area contributed by atoms with Crippen LogP contribution in [0.15, 0.2) is 4.34 Å². The predicted molar refractivity (Wildman–Crippen MR) is 75.4 cm³/mol. The van der Waals surface area contributed by atoms with Crippen LogP contribution < -0.4 is 5.32 Å². The van der Waals surface area contributed by atoms with Gasteiger partial charge in [-0.2, -0.15) is 0 Å². The van der Waals surface area contributed by atoms with Gasteiger partial charge in [-0.1, -0.05) is 43.4 Å². The molecule has 2 atom stereocenters. The van der Waals surface area contributed by atoms with Crippen LogP contribution in [0, 0.1) is 5.92 Å². The number of aliphatic carboxylic acids is 1. The molecule has 1 aromatic heterocycles. The van der Waals surface area contributed by atoms with Crippen molar-refractivity contribution >= 4 is 34.2 Å². The van der Waals surface area contributed by atoms with E-state index in [1.54, 1.807) is 0 Å².